The van der Waals surface area contributed by atoms with E-state index in [2.05, 4.69) is 41.4 Å². The first-order valence-corrected chi connectivity index (χ1v) is 9.50. The molecule has 1 nitrogen and oxygen atoms in total. The van der Waals surface area contributed by atoms with Crippen LogP contribution in [0.25, 0.3) is 22.4 Å². The fraction of sp³-hybridized carbons (Fsp3) is 0.261. The Morgan fingerprint density at radius 1 is 0.760 bits per heavy atom. The van der Waals surface area contributed by atoms with Gasteiger partial charge in [-0.2, -0.15) is 0 Å². The molecule has 0 unspecified atom stereocenters. The van der Waals surface area contributed by atoms with Gasteiger partial charge in [0, 0.05) is 16.8 Å². The third-order valence-corrected chi connectivity index (χ3v) is 5.45. The number of rotatable bonds is 3. The van der Waals surface area contributed by atoms with Crippen molar-refractivity contribution in [3.8, 4) is 22.4 Å². The van der Waals surface area contributed by atoms with E-state index < -0.39 is 0 Å². The van der Waals surface area contributed by atoms with E-state index in [0.29, 0.717) is 0 Å². The van der Waals surface area contributed by atoms with E-state index in [-0.39, 0.29) is 0 Å². The smallest absolute Gasteiger partial charge is 0.0708 e. The summed E-state index contributed by atoms with van der Waals surface area (Å²) >= 11 is 6.00. The molecule has 0 aliphatic heterocycles. The third kappa shape index (κ3) is 3.77. The minimum atomic E-state index is 0.728. The average molecular weight is 348 g/mol. The highest BCUT2D eigenvalue weighted by atomic mass is 35.5. The standard InChI is InChI=1S/C23H22ClN/c24-22-11-9-18(10-12-22)23-16-21(13-14-25-23)20-8-4-7-19(15-20)17-5-2-1-3-6-17/h4,7-17H,1-3,5-6H2. The molecule has 0 amide bonds. The predicted octanol–water partition coefficient (Wildman–Crippen LogP) is 7.12. The van der Waals surface area contributed by atoms with Gasteiger partial charge < -0.3 is 0 Å². The highest BCUT2D eigenvalue weighted by molar-refractivity contribution is 6.30. The molecule has 1 aromatic heterocycles. The van der Waals surface area contributed by atoms with E-state index in [9.17, 15) is 0 Å². The molecule has 0 spiro atoms. The topological polar surface area (TPSA) is 12.9 Å². The van der Waals surface area contributed by atoms with Crippen LogP contribution in [0.15, 0.2) is 66.9 Å². The molecule has 0 bridgehead atoms. The summed E-state index contributed by atoms with van der Waals surface area (Å²) in [5.41, 5.74) is 6.06. The molecule has 2 aromatic carbocycles. The average Bonchev–Trinajstić information content (AvgIpc) is 2.69. The molecule has 3 aromatic rings. The van der Waals surface area contributed by atoms with E-state index in [1.165, 1.54) is 48.8 Å². The van der Waals surface area contributed by atoms with Crippen molar-refractivity contribution in [1.29, 1.82) is 0 Å². The number of pyridine rings is 1. The van der Waals surface area contributed by atoms with Crippen LogP contribution in [-0.2, 0) is 0 Å². The molecule has 126 valence electrons. The van der Waals surface area contributed by atoms with Gasteiger partial charge in [0.25, 0.3) is 0 Å². The lowest BCUT2D eigenvalue weighted by Gasteiger charge is -2.22. The summed E-state index contributed by atoms with van der Waals surface area (Å²) < 4.78 is 0. The largest absolute Gasteiger partial charge is 0.256 e. The van der Waals surface area contributed by atoms with Crippen LogP contribution >= 0.6 is 11.6 Å². The van der Waals surface area contributed by atoms with E-state index in [4.69, 9.17) is 11.6 Å². The first-order chi connectivity index (χ1) is 12.3. The number of hydrogen-bond acceptors (Lipinski definition) is 1. The summed E-state index contributed by atoms with van der Waals surface area (Å²) in [6.45, 7) is 0. The van der Waals surface area contributed by atoms with Gasteiger partial charge in [-0.05, 0) is 59.7 Å². The van der Waals surface area contributed by atoms with Crippen molar-refractivity contribution >= 4 is 11.6 Å². The third-order valence-electron chi connectivity index (χ3n) is 5.20. The normalized spacial score (nSPS) is 15.2. The van der Waals surface area contributed by atoms with E-state index >= 15 is 0 Å². The number of hydrogen-bond donors (Lipinski definition) is 0. The minimum absolute atomic E-state index is 0.728. The van der Waals surface area contributed by atoms with E-state index in [1.54, 1.807) is 0 Å². The molecule has 1 aliphatic rings. The van der Waals surface area contributed by atoms with Gasteiger partial charge in [-0.15, -0.1) is 0 Å². The van der Waals surface area contributed by atoms with Gasteiger partial charge in [-0.3, -0.25) is 4.98 Å². The van der Waals surface area contributed by atoms with Crippen molar-refractivity contribution in [3.05, 3.63) is 77.4 Å². The van der Waals surface area contributed by atoms with Gasteiger partial charge in [-0.1, -0.05) is 67.3 Å². The number of aromatic nitrogens is 1. The van der Waals surface area contributed by atoms with Crippen LogP contribution in [-0.4, -0.2) is 4.98 Å². The monoisotopic (exact) mass is 347 g/mol. The molecule has 0 atom stereocenters. The molecule has 1 fully saturated rings. The Hall–Kier alpha value is -2.12. The zero-order valence-electron chi connectivity index (χ0n) is 14.3. The Bertz CT molecular complexity index is 848. The quantitative estimate of drug-likeness (QED) is 0.491. The molecular weight excluding hydrogens is 326 g/mol. The van der Waals surface area contributed by atoms with Gasteiger partial charge in [0.1, 0.15) is 0 Å². The summed E-state index contributed by atoms with van der Waals surface area (Å²) in [4.78, 5) is 4.53. The minimum Gasteiger partial charge on any atom is -0.256 e. The molecule has 1 aliphatic carbocycles. The van der Waals surface area contributed by atoms with E-state index in [0.717, 1.165) is 22.2 Å². The van der Waals surface area contributed by atoms with Crippen LogP contribution in [0.2, 0.25) is 5.02 Å². The number of benzene rings is 2. The highest BCUT2D eigenvalue weighted by Gasteiger charge is 2.15. The van der Waals surface area contributed by atoms with E-state index in [1.807, 2.05) is 30.5 Å². The van der Waals surface area contributed by atoms with Crippen molar-refractivity contribution in [2.45, 2.75) is 38.0 Å². The molecule has 0 saturated heterocycles. The molecule has 0 radical (unpaired) electrons. The maximum absolute atomic E-state index is 6.00. The van der Waals surface area contributed by atoms with Crippen LogP contribution in [0.3, 0.4) is 0 Å². The zero-order chi connectivity index (χ0) is 17.1. The zero-order valence-corrected chi connectivity index (χ0v) is 15.0. The number of halogens is 1. The highest BCUT2D eigenvalue weighted by Crippen LogP contribution is 2.34. The van der Waals surface area contributed by atoms with Crippen LogP contribution in [0.4, 0.5) is 0 Å². The Balaban J connectivity index is 1.65. The van der Waals surface area contributed by atoms with Crippen molar-refractivity contribution in [2.24, 2.45) is 0 Å². The van der Waals surface area contributed by atoms with Gasteiger partial charge >= 0.3 is 0 Å². The molecule has 1 heterocycles. The van der Waals surface area contributed by atoms with Gasteiger partial charge in [0.2, 0.25) is 0 Å². The predicted molar refractivity (Wildman–Crippen MR) is 106 cm³/mol. The first kappa shape index (κ1) is 16.4. The molecular formula is C23H22ClN. The Labute approximate surface area is 154 Å². The summed E-state index contributed by atoms with van der Waals surface area (Å²) in [6, 6.07) is 21.2. The second kappa shape index (κ2) is 7.41. The van der Waals surface area contributed by atoms with Crippen molar-refractivity contribution in [2.75, 3.05) is 0 Å². The van der Waals surface area contributed by atoms with Gasteiger partial charge in [-0.25, -0.2) is 0 Å². The van der Waals surface area contributed by atoms with Crippen LogP contribution in [0, 0.1) is 0 Å². The molecule has 4 rings (SSSR count). The Morgan fingerprint density at radius 3 is 2.32 bits per heavy atom. The summed E-state index contributed by atoms with van der Waals surface area (Å²) in [5.74, 6) is 0.728. The maximum Gasteiger partial charge on any atom is 0.0708 e. The molecule has 0 N–H and O–H groups in total. The second-order valence-corrected chi connectivity index (χ2v) is 7.33. The van der Waals surface area contributed by atoms with Crippen molar-refractivity contribution in [3.63, 3.8) is 0 Å². The van der Waals surface area contributed by atoms with Crippen LogP contribution < -0.4 is 0 Å². The van der Waals surface area contributed by atoms with Crippen LogP contribution in [0.5, 0.6) is 0 Å². The lowest BCUT2D eigenvalue weighted by atomic mass is 9.83. The summed E-state index contributed by atoms with van der Waals surface area (Å²) in [5, 5.41) is 0.750. The first-order valence-electron chi connectivity index (χ1n) is 9.12. The Morgan fingerprint density at radius 2 is 1.52 bits per heavy atom. The summed E-state index contributed by atoms with van der Waals surface area (Å²) in [6.07, 6.45) is 8.68. The van der Waals surface area contributed by atoms with Gasteiger partial charge in [0.15, 0.2) is 0 Å². The van der Waals surface area contributed by atoms with Crippen LogP contribution in [0.1, 0.15) is 43.6 Å². The van der Waals surface area contributed by atoms with Crippen molar-refractivity contribution < 1.29 is 0 Å². The number of nitrogens with zero attached hydrogens (tertiary/aromatic N) is 1. The van der Waals surface area contributed by atoms with Crippen molar-refractivity contribution in [1.82, 2.24) is 4.98 Å². The fourth-order valence-electron chi connectivity index (χ4n) is 3.80. The molecule has 2 heteroatoms. The second-order valence-electron chi connectivity index (χ2n) is 6.90. The fourth-order valence-corrected chi connectivity index (χ4v) is 3.92. The summed E-state index contributed by atoms with van der Waals surface area (Å²) in [7, 11) is 0. The Kier molecular flexibility index (Phi) is 4.85. The molecule has 25 heavy (non-hydrogen) atoms. The molecule has 1 saturated carbocycles. The lowest BCUT2D eigenvalue weighted by molar-refractivity contribution is 0.444. The lowest BCUT2D eigenvalue weighted by Crippen LogP contribution is -2.04. The SMILES string of the molecule is Clc1ccc(-c2cc(-c3cccc(C4CCCCC4)c3)ccn2)cc1. The maximum atomic E-state index is 6.00. The van der Waals surface area contributed by atoms with Gasteiger partial charge in [0.05, 0.1) is 5.69 Å².